The molecule has 0 aliphatic carbocycles. The summed E-state index contributed by atoms with van der Waals surface area (Å²) in [7, 11) is 0. The molecule has 4 rings (SSSR count). The lowest BCUT2D eigenvalue weighted by molar-refractivity contribution is -0.118. The molecule has 5 nitrogen and oxygen atoms in total. The van der Waals surface area contributed by atoms with Gasteiger partial charge in [0.25, 0.3) is 0 Å². The van der Waals surface area contributed by atoms with Gasteiger partial charge in [0.15, 0.2) is 0 Å². The van der Waals surface area contributed by atoms with Crippen LogP contribution in [0.15, 0.2) is 18.6 Å². The average Bonchev–Trinajstić information content (AvgIpc) is 2.91. The van der Waals surface area contributed by atoms with Crippen molar-refractivity contribution in [2.24, 2.45) is 5.92 Å². The fourth-order valence-electron chi connectivity index (χ4n) is 2.88. The highest BCUT2D eigenvalue weighted by Gasteiger charge is 2.34. The number of amides is 1. The van der Waals surface area contributed by atoms with Crippen LogP contribution in [0.25, 0.3) is 6.08 Å². The second kappa shape index (κ2) is 4.94. The van der Waals surface area contributed by atoms with Gasteiger partial charge in [0, 0.05) is 24.9 Å². The molecule has 3 saturated heterocycles. The first-order valence-corrected chi connectivity index (χ1v) is 6.51. The third-order valence-corrected chi connectivity index (χ3v) is 3.91. The molecule has 1 aromatic rings. The van der Waals surface area contributed by atoms with Crippen LogP contribution in [-0.2, 0) is 4.79 Å². The first-order valence-electron chi connectivity index (χ1n) is 6.51. The molecule has 5 heteroatoms. The molecule has 0 aromatic carbocycles. The highest BCUT2D eigenvalue weighted by molar-refractivity contribution is 5.91. The average molecular weight is 246 g/mol. The molecule has 2 N–H and O–H groups in total. The Morgan fingerprint density at radius 2 is 2.33 bits per heavy atom. The summed E-state index contributed by atoms with van der Waals surface area (Å²) in [6.45, 7) is 3.40. The molecule has 0 saturated carbocycles. The number of hydrogen-bond donors (Lipinski definition) is 2. The normalized spacial score (nSPS) is 30.8. The molecular weight excluding hydrogens is 228 g/mol. The van der Waals surface area contributed by atoms with Gasteiger partial charge < -0.3 is 15.2 Å². The summed E-state index contributed by atoms with van der Waals surface area (Å²) in [5.74, 6) is 0.648. The smallest absolute Gasteiger partial charge is 0.244 e. The Morgan fingerprint density at radius 1 is 1.50 bits per heavy atom. The molecule has 3 aliphatic rings. The second-order valence-corrected chi connectivity index (χ2v) is 5.08. The molecule has 1 aromatic heterocycles. The quantitative estimate of drug-likeness (QED) is 0.769. The van der Waals surface area contributed by atoms with Crippen LogP contribution in [0, 0.1) is 5.92 Å². The number of fused-ring (bicyclic) bond motifs is 3. The number of piperidine rings is 3. The van der Waals surface area contributed by atoms with Crippen molar-refractivity contribution in [1.82, 2.24) is 20.2 Å². The van der Waals surface area contributed by atoms with E-state index < -0.39 is 0 Å². The minimum absolute atomic E-state index is 0.0169. The van der Waals surface area contributed by atoms with E-state index in [9.17, 15) is 4.79 Å². The summed E-state index contributed by atoms with van der Waals surface area (Å²) in [4.78, 5) is 21.2. The van der Waals surface area contributed by atoms with Gasteiger partial charge in [0.1, 0.15) is 0 Å². The van der Waals surface area contributed by atoms with Gasteiger partial charge in [-0.05, 0) is 37.9 Å². The number of hydrogen-bond acceptors (Lipinski definition) is 3. The minimum Gasteiger partial charge on any atom is -0.351 e. The molecule has 18 heavy (non-hydrogen) atoms. The molecule has 2 bridgehead atoms. The van der Waals surface area contributed by atoms with Crippen molar-refractivity contribution < 1.29 is 4.79 Å². The third-order valence-electron chi connectivity index (χ3n) is 3.91. The van der Waals surface area contributed by atoms with E-state index in [4.69, 9.17) is 0 Å². The SMILES string of the molecule is O=C(C=Cc1c[nH]cn1)N[C@H]1CN2CCC1CC2. The largest absolute Gasteiger partial charge is 0.351 e. The van der Waals surface area contributed by atoms with Crippen LogP contribution in [0.4, 0.5) is 0 Å². The third kappa shape index (κ3) is 2.46. The van der Waals surface area contributed by atoms with Crippen molar-refractivity contribution in [2.45, 2.75) is 18.9 Å². The number of rotatable bonds is 3. The van der Waals surface area contributed by atoms with Crippen LogP contribution in [-0.4, -0.2) is 46.5 Å². The second-order valence-electron chi connectivity index (χ2n) is 5.08. The van der Waals surface area contributed by atoms with Crippen LogP contribution in [0.2, 0.25) is 0 Å². The lowest BCUT2D eigenvalue weighted by Gasteiger charge is -2.44. The number of aromatic amines is 1. The summed E-state index contributed by atoms with van der Waals surface area (Å²) in [6.07, 6.45) is 9.09. The molecule has 0 unspecified atom stereocenters. The monoisotopic (exact) mass is 246 g/mol. The number of imidazole rings is 1. The number of aromatic nitrogens is 2. The van der Waals surface area contributed by atoms with Gasteiger partial charge in [-0.2, -0.15) is 0 Å². The van der Waals surface area contributed by atoms with E-state index in [0.29, 0.717) is 12.0 Å². The zero-order valence-corrected chi connectivity index (χ0v) is 10.3. The van der Waals surface area contributed by atoms with Crippen LogP contribution in [0.1, 0.15) is 18.5 Å². The van der Waals surface area contributed by atoms with Gasteiger partial charge in [0.2, 0.25) is 5.91 Å². The van der Waals surface area contributed by atoms with E-state index in [1.165, 1.54) is 25.9 Å². The van der Waals surface area contributed by atoms with E-state index in [1.54, 1.807) is 24.7 Å². The fraction of sp³-hybridized carbons (Fsp3) is 0.538. The predicted molar refractivity (Wildman–Crippen MR) is 68.7 cm³/mol. The molecule has 1 amide bonds. The summed E-state index contributed by atoms with van der Waals surface area (Å²) in [5.41, 5.74) is 0.777. The van der Waals surface area contributed by atoms with E-state index in [2.05, 4.69) is 20.2 Å². The molecule has 0 radical (unpaired) electrons. The molecule has 96 valence electrons. The summed E-state index contributed by atoms with van der Waals surface area (Å²) in [6, 6.07) is 0.323. The molecular formula is C13H18N4O. The first kappa shape index (κ1) is 11.5. The summed E-state index contributed by atoms with van der Waals surface area (Å²) >= 11 is 0. The topological polar surface area (TPSA) is 61.0 Å². The molecule has 3 aliphatic heterocycles. The molecule has 1 atom stereocenters. The Hall–Kier alpha value is -1.62. The maximum Gasteiger partial charge on any atom is 0.244 e. The first-order chi connectivity index (χ1) is 8.81. The lowest BCUT2D eigenvalue weighted by atomic mass is 9.84. The fourth-order valence-corrected chi connectivity index (χ4v) is 2.88. The predicted octanol–water partition coefficient (Wildman–Crippen LogP) is 0.633. The van der Waals surface area contributed by atoms with Crippen LogP contribution in [0.5, 0.6) is 0 Å². The van der Waals surface area contributed by atoms with Gasteiger partial charge in [-0.15, -0.1) is 0 Å². The van der Waals surface area contributed by atoms with E-state index in [0.717, 1.165) is 12.2 Å². The van der Waals surface area contributed by atoms with Gasteiger partial charge >= 0.3 is 0 Å². The van der Waals surface area contributed by atoms with Crippen molar-refractivity contribution in [3.63, 3.8) is 0 Å². The number of carbonyl (C=O) groups is 1. The van der Waals surface area contributed by atoms with E-state index in [-0.39, 0.29) is 5.91 Å². The van der Waals surface area contributed by atoms with Gasteiger partial charge in [-0.1, -0.05) is 0 Å². The van der Waals surface area contributed by atoms with Crippen molar-refractivity contribution >= 4 is 12.0 Å². The number of nitrogens with zero attached hydrogens (tertiary/aromatic N) is 2. The van der Waals surface area contributed by atoms with Crippen molar-refractivity contribution in [3.05, 3.63) is 24.3 Å². The lowest BCUT2D eigenvalue weighted by Crippen LogP contribution is -2.57. The Balaban J connectivity index is 1.55. The number of carbonyl (C=O) groups excluding carboxylic acids is 1. The van der Waals surface area contributed by atoms with Gasteiger partial charge in [-0.25, -0.2) is 4.98 Å². The highest BCUT2D eigenvalue weighted by atomic mass is 16.1. The highest BCUT2D eigenvalue weighted by Crippen LogP contribution is 2.27. The molecule has 0 spiro atoms. The van der Waals surface area contributed by atoms with Crippen LogP contribution < -0.4 is 5.32 Å². The maximum atomic E-state index is 11.8. The summed E-state index contributed by atoms with van der Waals surface area (Å²) < 4.78 is 0. The Labute approximate surface area is 106 Å². The standard InChI is InChI=1S/C13H18N4O/c18-13(2-1-11-7-14-9-15-11)16-12-8-17-5-3-10(12)4-6-17/h1-2,7,9-10,12H,3-6,8H2,(H,14,15)(H,16,18)/t12-/m0/s1. The van der Waals surface area contributed by atoms with E-state index in [1.807, 2.05) is 0 Å². The Kier molecular flexibility index (Phi) is 3.15. The Morgan fingerprint density at radius 3 is 2.94 bits per heavy atom. The van der Waals surface area contributed by atoms with Crippen LogP contribution >= 0.6 is 0 Å². The van der Waals surface area contributed by atoms with Gasteiger partial charge in [0.05, 0.1) is 12.0 Å². The van der Waals surface area contributed by atoms with Crippen LogP contribution in [0.3, 0.4) is 0 Å². The molecule has 3 fully saturated rings. The summed E-state index contributed by atoms with van der Waals surface area (Å²) in [5, 5.41) is 3.11. The Bertz CT molecular complexity index is 432. The van der Waals surface area contributed by atoms with Crippen molar-refractivity contribution in [3.8, 4) is 0 Å². The zero-order valence-electron chi connectivity index (χ0n) is 10.3. The van der Waals surface area contributed by atoms with Gasteiger partial charge in [-0.3, -0.25) is 4.79 Å². The maximum absolute atomic E-state index is 11.8. The molecule has 4 heterocycles. The minimum atomic E-state index is -0.0169. The van der Waals surface area contributed by atoms with Crippen molar-refractivity contribution in [1.29, 1.82) is 0 Å². The van der Waals surface area contributed by atoms with E-state index >= 15 is 0 Å². The number of nitrogens with one attached hydrogen (secondary N) is 2. The zero-order chi connectivity index (χ0) is 12.4. The number of H-pyrrole nitrogens is 1. The van der Waals surface area contributed by atoms with Crippen molar-refractivity contribution in [2.75, 3.05) is 19.6 Å².